The highest BCUT2D eigenvalue weighted by atomic mass is 16.3. The van der Waals surface area contributed by atoms with Gasteiger partial charge in [0.25, 0.3) is 0 Å². The Balaban J connectivity index is 2.03. The van der Waals surface area contributed by atoms with Crippen LogP contribution in [0.15, 0.2) is 41.0 Å². The smallest absolute Gasteiger partial charge is 0.249 e. The molecule has 0 aliphatic carbocycles. The van der Waals surface area contributed by atoms with E-state index in [4.69, 9.17) is 4.42 Å². The summed E-state index contributed by atoms with van der Waals surface area (Å²) in [5.74, 6) is 0.962. The van der Waals surface area contributed by atoms with Crippen LogP contribution in [0, 0.1) is 13.8 Å². The summed E-state index contributed by atoms with van der Waals surface area (Å²) in [4.78, 5) is 15.9. The minimum atomic E-state index is -0.232. The number of carbonyl (C=O) groups excluding carboxylic acids is 1. The number of carbonyl (C=O) groups is 1. The lowest BCUT2D eigenvalue weighted by atomic mass is 10.2. The van der Waals surface area contributed by atoms with E-state index in [1.807, 2.05) is 26.0 Å². The van der Waals surface area contributed by atoms with Gasteiger partial charge in [0.1, 0.15) is 11.6 Å². The third kappa shape index (κ3) is 3.31. The molecule has 0 aliphatic rings. The number of hydrogen-bond donors (Lipinski definition) is 1. The van der Waals surface area contributed by atoms with Crippen LogP contribution in [-0.2, 0) is 4.79 Å². The molecular formula is C14H14N2O2. The maximum Gasteiger partial charge on any atom is 0.249 e. The van der Waals surface area contributed by atoms with Gasteiger partial charge in [-0.1, -0.05) is 0 Å². The molecule has 4 heteroatoms. The highest BCUT2D eigenvalue weighted by Gasteiger charge is 2.01. The Morgan fingerprint density at radius 3 is 2.89 bits per heavy atom. The van der Waals surface area contributed by atoms with Gasteiger partial charge in [-0.3, -0.25) is 4.79 Å². The maximum absolute atomic E-state index is 11.7. The van der Waals surface area contributed by atoms with Gasteiger partial charge >= 0.3 is 0 Å². The summed E-state index contributed by atoms with van der Waals surface area (Å²) in [7, 11) is 0. The number of nitrogens with one attached hydrogen (secondary N) is 1. The van der Waals surface area contributed by atoms with Crippen LogP contribution in [0.5, 0.6) is 0 Å². The van der Waals surface area contributed by atoms with Crippen molar-refractivity contribution in [3.05, 3.63) is 53.6 Å². The molecule has 4 nitrogen and oxygen atoms in total. The largest absolute Gasteiger partial charge is 0.465 e. The lowest BCUT2D eigenvalue weighted by molar-refractivity contribution is -0.111. The zero-order valence-corrected chi connectivity index (χ0v) is 10.3. The van der Waals surface area contributed by atoms with Crippen molar-refractivity contribution in [2.24, 2.45) is 0 Å². The molecule has 2 rings (SSSR count). The van der Waals surface area contributed by atoms with Crippen LogP contribution >= 0.6 is 0 Å². The van der Waals surface area contributed by atoms with Gasteiger partial charge in [-0.2, -0.15) is 0 Å². The minimum Gasteiger partial charge on any atom is -0.465 e. The molecule has 0 bridgehead atoms. The zero-order chi connectivity index (χ0) is 13.0. The fourth-order valence-electron chi connectivity index (χ4n) is 1.62. The van der Waals surface area contributed by atoms with Gasteiger partial charge in [-0.05, 0) is 49.8 Å². The minimum absolute atomic E-state index is 0.232. The van der Waals surface area contributed by atoms with Gasteiger partial charge in [0.05, 0.1) is 6.26 Å². The molecule has 0 atom stereocenters. The van der Waals surface area contributed by atoms with E-state index in [9.17, 15) is 4.79 Å². The number of rotatable bonds is 3. The van der Waals surface area contributed by atoms with Crippen LogP contribution in [0.3, 0.4) is 0 Å². The van der Waals surface area contributed by atoms with Crippen LogP contribution < -0.4 is 5.32 Å². The number of furan rings is 1. The van der Waals surface area contributed by atoms with Crippen molar-refractivity contribution in [3.8, 4) is 0 Å². The molecule has 0 unspecified atom stereocenters. The number of pyridine rings is 1. The van der Waals surface area contributed by atoms with Crippen molar-refractivity contribution in [2.75, 3.05) is 5.32 Å². The number of aryl methyl sites for hydroxylation is 2. The quantitative estimate of drug-likeness (QED) is 0.842. The first-order valence-electron chi connectivity index (χ1n) is 5.61. The first kappa shape index (κ1) is 12.1. The summed E-state index contributed by atoms with van der Waals surface area (Å²) in [5, 5.41) is 2.71. The van der Waals surface area contributed by atoms with E-state index < -0.39 is 0 Å². The van der Waals surface area contributed by atoms with Crippen LogP contribution in [-0.4, -0.2) is 10.9 Å². The highest BCUT2D eigenvalue weighted by Crippen LogP contribution is 2.09. The van der Waals surface area contributed by atoms with E-state index in [0.717, 1.165) is 11.3 Å². The predicted molar refractivity (Wildman–Crippen MR) is 70.1 cm³/mol. The van der Waals surface area contributed by atoms with Crippen LogP contribution in [0.4, 0.5) is 5.82 Å². The molecule has 18 heavy (non-hydrogen) atoms. The zero-order valence-electron chi connectivity index (χ0n) is 10.3. The second-order valence-corrected chi connectivity index (χ2v) is 4.01. The average Bonchev–Trinajstić information content (AvgIpc) is 2.77. The Hall–Kier alpha value is -2.36. The Kier molecular flexibility index (Phi) is 3.57. The van der Waals surface area contributed by atoms with Gasteiger partial charge in [0, 0.05) is 11.8 Å². The number of amides is 1. The maximum atomic E-state index is 11.7. The van der Waals surface area contributed by atoms with E-state index in [2.05, 4.69) is 10.3 Å². The van der Waals surface area contributed by atoms with E-state index in [0.29, 0.717) is 11.6 Å². The third-order valence-corrected chi connectivity index (χ3v) is 2.29. The SMILES string of the molecule is Cc1cc(C)nc(NC(=O)/C=C/c2ccco2)c1. The first-order chi connectivity index (χ1) is 8.63. The van der Waals surface area contributed by atoms with E-state index >= 15 is 0 Å². The lowest BCUT2D eigenvalue weighted by Crippen LogP contribution is -2.09. The molecule has 0 aliphatic heterocycles. The monoisotopic (exact) mass is 242 g/mol. The van der Waals surface area contributed by atoms with Gasteiger partial charge < -0.3 is 9.73 Å². The summed E-state index contributed by atoms with van der Waals surface area (Å²) in [6, 6.07) is 7.32. The van der Waals surface area contributed by atoms with Crippen molar-refractivity contribution in [3.63, 3.8) is 0 Å². The topological polar surface area (TPSA) is 55.1 Å². The van der Waals surface area contributed by atoms with E-state index in [1.54, 1.807) is 24.5 Å². The Labute approximate surface area is 105 Å². The van der Waals surface area contributed by atoms with Gasteiger partial charge in [-0.15, -0.1) is 0 Å². The predicted octanol–water partition coefficient (Wildman–Crippen LogP) is 2.94. The molecular weight excluding hydrogens is 228 g/mol. The standard InChI is InChI=1S/C14H14N2O2/c1-10-8-11(2)15-13(9-10)16-14(17)6-5-12-4-3-7-18-12/h3-9H,1-2H3,(H,15,16,17)/b6-5+. The number of hydrogen-bond acceptors (Lipinski definition) is 3. The highest BCUT2D eigenvalue weighted by molar-refractivity contribution is 6.01. The third-order valence-electron chi connectivity index (χ3n) is 2.29. The van der Waals surface area contributed by atoms with Gasteiger partial charge in [-0.25, -0.2) is 4.98 Å². The molecule has 0 radical (unpaired) electrons. The van der Waals surface area contributed by atoms with Crippen molar-refractivity contribution in [1.29, 1.82) is 0 Å². The molecule has 1 amide bonds. The van der Waals surface area contributed by atoms with E-state index in [-0.39, 0.29) is 5.91 Å². The summed E-state index contributed by atoms with van der Waals surface area (Å²) in [5.41, 5.74) is 1.94. The summed E-state index contributed by atoms with van der Waals surface area (Å²) in [6.07, 6.45) is 4.58. The van der Waals surface area contributed by atoms with Crippen LogP contribution in [0.25, 0.3) is 6.08 Å². The fraction of sp³-hybridized carbons (Fsp3) is 0.143. The van der Waals surface area contributed by atoms with E-state index in [1.165, 1.54) is 6.08 Å². The Bertz CT molecular complexity index is 551. The first-order valence-corrected chi connectivity index (χ1v) is 5.61. The summed E-state index contributed by atoms with van der Waals surface area (Å²) in [6.45, 7) is 3.85. The molecule has 1 N–H and O–H groups in total. The van der Waals surface area contributed by atoms with Crippen LogP contribution in [0.2, 0.25) is 0 Å². The second-order valence-electron chi connectivity index (χ2n) is 4.01. The van der Waals surface area contributed by atoms with Crippen molar-refractivity contribution in [1.82, 2.24) is 4.98 Å². The molecule has 2 aromatic heterocycles. The normalized spacial score (nSPS) is 10.8. The van der Waals surface area contributed by atoms with Crippen molar-refractivity contribution in [2.45, 2.75) is 13.8 Å². The molecule has 92 valence electrons. The lowest BCUT2D eigenvalue weighted by Gasteiger charge is -2.03. The molecule has 0 fully saturated rings. The summed E-state index contributed by atoms with van der Waals surface area (Å²) >= 11 is 0. The average molecular weight is 242 g/mol. The Morgan fingerprint density at radius 2 is 2.22 bits per heavy atom. The van der Waals surface area contributed by atoms with Gasteiger partial charge in [0.2, 0.25) is 5.91 Å². The van der Waals surface area contributed by atoms with Crippen molar-refractivity contribution < 1.29 is 9.21 Å². The summed E-state index contributed by atoms with van der Waals surface area (Å²) < 4.78 is 5.09. The number of anilines is 1. The number of aromatic nitrogens is 1. The van der Waals surface area contributed by atoms with Gasteiger partial charge in [0.15, 0.2) is 0 Å². The fourth-order valence-corrected chi connectivity index (χ4v) is 1.62. The molecule has 0 aromatic carbocycles. The molecule has 2 aromatic rings. The molecule has 2 heterocycles. The molecule has 0 saturated carbocycles. The second kappa shape index (κ2) is 5.31. The molecule has 0 spiro atoms. The Morgan fingerprint density at radius 1 is 1.39 bits per heavy atom. The van der Waals surface area contributed by atoms with Crippen molar-refractivity contribution >= 4 is 17.8 Å². The van der Waals surface area contributed by atoms with Crippen LogP contribution in [0.1, 0.15) is 17.0 Å². The molecule has 0 saturated heterocycles. The number of nitrogens with zero attached hydrogens (tertiary/aromatic N) is 1.